The molecule has 0 spiro atoms. The van der Waals surface area contributed by atoms with E-state index in [0.29, 0.717) is 0 Å². The Kier molecular flexibility index (Phi) is 12.2. The number of hydrogen-bond acceptors (Lipinski definition) is 2. The van der Waals surface area contributed by atoms with E-state index in [0.717, 1.165) is 0 Å². The van der Waals surface area contributed by atoms with Gasteiger partial charge in [0.25, 0.3) is 0 Å². The molecule has 21 heteroatoms. The minimum absolute atomic E-state index is 0.000627. The van der Waals surface area contributed by atoms with Crippen molar-refractivity contribution < 1.29 is 85.2 Å². The maximum absolute atomic E-state index is 15.1. The fourth-order valence-electron chi connectivity index (χ4n) is 2.90. The van der Waals surface area contributed by atoms with E-state index in [4.69, 9.17) is 0 Å². The number of alkyl halides is 18. The predicted octanol–water partition coefficient (Wildman–Crippen LogP) is 8.86. The molecular formula is C18H22F18O2Sn. The molecule has 0 unspecified atom stereocenters. The standard InChI is InChI=1S/2C5H11O.2C4F9.Sn/c2*1-2-3-4-5-6;2*5-1(6)2(7,8)3(9,10)4(11,12)13;/h2*2-5H2,1H3;;;/q2*-1;;;+2. The Morgan fingerprint density at radius 2 is 0.667 bits per heavy atom. The molecule has 0 bridgehead atoms. The van der Waals surface area contributed by atoms with Crippen molar-refractivity contribution in [2.45, 2.75) is 96.3 Å². The van der Waals surface area contributed by atoms with Crippen LogP contribution in [0.2, 0.25) is 0 Å². The summed E-state index contributed by atoms with van der Waals surface area (Å²) in [6.07, 6.45) is -17.7. The molecule has 0 aromatic heterocycles. The van der Waals surface area contributed by atoms with Gasteiger partial charge < -0.3 is 0 Å². The first-order chi connectivity index (χ1) is 17.1. The summed E-state index contributed by atoms with van der Waals surface area (Å²) in [5, 5.41) is 0. The van der Waals surface area contributed by atoms with Gasteiger partial charge in [-0.1, -0.05) is 0 Å². The molecule has 0 aliphatic heterocycles. The molecule has 0 saturated carbocycles. The summed E-state index contributed by atoms with van der Waals surface area (Å²) in [6.45, 7) is -1.11. The van der Waals surface area contributed by atoms with E-state index in [9.17, 15) is 61.5 Å². The molecule has 0 saturated heterocycles. The average molecular weight is 731 g/mol. The fourth-order valence-corrected chi connectivity index (χ4v) is 12.1. The van der Waals surface area contributed by atoms with Crippen LogP contribution < -0.4 is 0 Å². The Bertz CT molecular complexity index is 713. The van der Waals surface area contributed by atoms with Crippen molar-refractivity contribution in [2.75, 3.05) is 13.2 Å². The summed E-state index contributed by atoms with van der Waals surface area (Å²) < 4.78 is 239. The third-order valence-corrected chi connectivity index (χ3v) is 15.2. The summed E-state index contributed by atoms with van der Waals surface area (Å²) >= 11 is -10.3. The van der Waals surface area contributed by atoms with Crippen LogP contribution in [0, 0.1) is 0 Å². The topological polar surface area (TPSA) is 18.5 Å². The van der Waals surface area contributed by atoms with E-state index in [1.54, 1.807) is 0 Å². The van der Waals surface area contributed by atoms with Gasteiger partial charge in [0, 0.05) is 0 Å². The molecule has 0 aliphatic carbocycles. The normalized spacial score (nSPS) is 15.7. The average Bonchev–Trinajstić information content (AvgIpc) is 2.75. The fraction of sp³-hybridized carbons (Fsp3) is 1.00. The van der Waals surface area contributed by atoms with Crippen molar-refractivity contribution in [1.82, 2.24) is 0 Å². The zero-order valence-corrected chi connectivity index (χ0v) is 22.6. The van der Waals surface area contributed by atoms with Crippen molar-refractivity contribution in [1.29, 1.82) is 0 Å². The Morgan fingerprint density at radius 3 is 0.872 bits per heavy atom. The van der Waals surface area contributed by atoms with Gasteiger partial charge in [-0.2, -0.15) is 0 Å². The molecule has 0 aromatic rings. The summed E-state index contributed by atoms with van der Waals surface area (Å²) in [5.74, 6) is -32.3. The van der Waals surface area contributed by atoms with E-state index in [1.807, 2.05) is 0 Å². The number of halogens is 18. The molecule has 39 heavy (non-hydrogen) atoms. The molecule has 0 atom stereocenters. The number of hydrogen-bond donors (Lipinski definition) is 0. The van der Waals surface area contributed by atoms with Gasteiger partial charge in [0.2, 0.25) is 0 Å². The second-order valence-corrected chi connectivity index (χ2v) is 16.9. The van der Waals surface area contributed by atoms with Crippen molar-refractivity contribution in [3.63, 3.8) is 0 Å². The van der Waals surface area contributed by atoms with E-state index in [2.05, 4.69) is 6.15 Å². The molecule has 236 valence electrons. The van der Waals surface area contributed by atoms with E-state index < -0.39 is 89.2 Å². The summed E-state index contributed by atoms with van der Waals surface area (Å²) in [6, 6.07) is 0. The van der Waals surface area contributed by atoms with E-state index in [-0.39, 0.29) is 25.7 Å². The van der Waals surface area contributed by atoms with Crippen LogP contribution in [-0.4, -0.2) is 76.3 Å². The predicted molar refractivity (Wildman–Crippen MR) is 98.5 cm³/mol. The van der Waals surface area contributed by atoms with Crippen LogP contribution in [0.3, 0.4) is 0 Å². The van der Waals surface area contributed by atoms with E-state index >= 15 is 17.6 Å². The Labute approximate surface area is 214 Å². The second-order valence-electron chi connectivity index (χ2n) is 8.17. The SMILES string of the molecule is CCCCC[O][Sn]([O]CCCCC)([C](F)(F)C(F)(F)C(F)(F)C(F)(F)F)[C](F)(F)C(F)(F)C(F)(F)C(F)(F)F. The number of unbranched alkanes of at least 4 members (excludes halogenated alkanes) is 4. The summed E-state index contributed by atoms with van der Waals surface area (Å²) in [4.78, 5) is 0. The first-order valence-corrected chi connectivity index (χ1v) is 16.0. The van der Waals surface area contributed by atoms with Gasteiger partial charge in [-0.05, 0) is 0 Å². The zero-order valence-electron chi connectivity index (χ0n) is 19.8. The first kappa shape index (κ1) is 38.5. The van der Waals surface area contributed by atoms with Crippen LogP contribution in [0.5, 0.6) is 0 Å². The van der Waals surface area contributed by atoms with Gasteiger partial charge in [-0.3, -0.25) is 0 Å². The molecule has 0 aliphatic rings. The summed E-state index contributed by atoms with van der Waals surface area (Å²) in [7, 11) is 0. The van der Waals surface area contributed by atoms with Crippen LogP contribution in [0.4, 0.5) is 79.0 Å². The summed E-state index contributed by atoms with van der Waals surface area (Å²) in [5.41, 5.74) is 0. The van der Waals surface area contributed by atoms with Crippen LogP contribution in [0.25, 0.3) is 0 Å². The third-order valence-electron chi connectivity index (χ3n) is 5.22. The van der Waals surface area contributed by atoms with E-state index in [1.165, 1.54) is 13.8 Å². The third kappa shape index (κ3) is 6.45. The Morgan fingerprint density at radius 1 is 0.410 bits per heavy atom. The van der Waals surface area contributed by atoms with Crippen molar-refractivity contribution in [2.24, 2.45) is 0 Å². The number of rotatable bonds is 16. The first-order valence-electron chi connectivity index (χ1n) is 10.8. The van der Waals surface area contributed by atoms with Gasteiger partial charge in [-0.15, -0.1) is 0 Å². The van der Waals surface area contributed by atoms with Gasteiger partial charge in [-0.25, -0.2) is 0 Å². The van der Waals surface area contributed by atoms with Crippen LogP contribution in [0.1, 0.15) is 52.4 Å². The molecule has 0 fully saturated rings. The zero-order chi connectivity index (χ0) is 31.6. The van der Waals surface area contributed by atoms with Gasteiger partial charge >= 0.3 is 214 Å². The maximum atomic E-state index is 15.1. The minimum atomic E-state index is -10.3. The van der Waals surface area contributed by atoms with Crippen molar-refractivity contribution in [3.05, 3.63) is 0 Å². The molecule has 2 nitrogen and oxygen atoms in total. The second kappa shape index (κ2) is 12.4. The van der Waals surface area contributed by atoms with Crippen LogP contribution in [0.15, 0.2) is 0 Å². The van der Waals surface area contributed by atoms with Gasteiger partial charge in [0.05, 0.1) is 0 Å². The molecular weight excluding hydrogens is 709 g/mol. The molecule has 0 amide bonds. The molecule has 0 rings (SSSR count). The van der Waals surface area contributed by atoms with Crippen LogP contribution in [-0.2, 0) is 6.15 Å². The Balaban J connectivity index is 7.67. The van der Waals surface area contributed by atoms with Gasteiger partial charge in [0.1, 0.15) is 0 Å². The molecule has 0 N–H and O–H groups in total. The van der Waals surface area contributed by atoms with Crippen LogP contribution >= 0.6 is 0 Å². The van der Waals surface area contributed by atoms with Crippen molar-refractivity contribution in [3.8, 4) is 0 Å². The van der Waals surface area contributed by atoms with Gasteiger partial charge in [0.15, 0.2) is 0 Å². The Hall–Kier alpha value is -0.541. The monoisotopic (exact) mass is 732 g/mol. The molecule has 0 heterocycles. The quantitative estimate of drug-likeness (QED) is 0.0898. The molecule has 0 aromatic carbocycles. The van der Waals surface area contributed by atoms with Crippen molar-refractivity contribution >= 4 is 19.2 Å². The molecule has 0 radical (unpaired) electrons.